The molecule has 0 saturated heterocycles. The minimum atomic E-state index is 0.405. The predicted molar refractivity (Wildman–Crippen MR) is 62.0 cm³/mol. The number of ketones is 1. The summed E-state index contributed by atoms with van der Waals surface area (Å²) >= 11 is 0. The van der Waals surface area contributed by atoms with Gasteiger partial charge in [-0.05, 0) is 38.2 Å². The molecule has 1 saturated carbocycles. The largest absolute Gasteiger partial charge is 0.299 e. The Kier molecular flexibility index (Phi) is 2.90. The average molecular weight is 202 g/mol. The van der Waals surface area contributed by atoms with E-state index in [1.807, 2.05) is 0 Å². The van der Waals surface area contributed by atoms with Gasteiger partial charge in [0.25, 0.3) is 0 Å². The van der Waals surface area contributed by atoms with Crippen molar-refractivity contribution in [3.8, 4) is 0 Å². The van der Waals surface area contributed by atoms with Crippen molar-refractivity contribution >= 4 is 5.78 Å². The van der Waals surface area contributed by atoms with Gasteiger partial charge in [0.1, 0.15) is 5.78 Å². The molecule has 0 aliphatic heterocycles. The van der Waals surface area contributed by atoms with E-state index in [0.717, 1.165) is 6.42 Å². The fraction of sp³-hybridized carbons (Fsp3) is 0.500. The number of carbonyl (C=O) groups is 1. The van der Waals surface area contributed by atoms with Crippen molar-refractivity contribution < 1.29 is 4.79 Å². The maximum Gasteiger partial charge on any atom is 0.137 e. The van der Waals surface area contributed by atoms with Crippen LogP contribution < -0.4 is 0 Å². The third-order valence-corrected chi connectivity index (χ3v) is 2.90. The third kappa shape index (κ3) is 3.19. The molecule has 0 spiro atoms. The normalized spacial score (nSPS) is 15.3. The lowest BCUT2D eigenvalue weighted by atomic mass is 10.0. The Labute approximate surface area is 91.5 Å². The second kappa shape index (κ2) is 4.18. The van der Waals surface area contributed by atoms with Crippen molar-refractivity contribution in [3.05, 3.63) is 34.9 Å². The van der Waals surface area contributed by atoms with Gasteiger partial charge < -0.3 is 0 Å². The van der Waals surface area contributed by atoms with E-state index in [4.69, 9.17) is 0 Å². The number of aryl methyl sites for hydroxylation is 2. The van der Waals surface area contributed by atoms with E-state index in [2.05, 4.69) is 32.0 Å². The van der Waals surface area contributed by atoms with Crippen LogP contribution in [0.1, 0.15) is 36.0 Å². The number of Topliss-reactive ketones (excluding diaryl/α,β-unsaturated/α-hetero) is 1. The smallest absolute Gasteiger partial charge is 0.137 e. The first-order valence-electron chi connectivity index (χ1n) is 5.72. The molecule has 0 heterocycles. The molecule has 1 nitrogen and oxygen atoms in total. The summed E-state index contributed by atoms with van der Waals surface area (Å²) < 4.78 is 0. The highest BCUT2D eigenvalue weighted by Gasteiger charge is 2.24. The molecule has 80 valence electrons. The number of benzene rings is 1. The van der Waals surface area contributed by atoms with Crippen molar-refractivity contribution in [1.82, 2.24) is 0 Å². The molecule has 1 fully saturated rings. The molecule has 0 atom stereocenters. The van der Waals surface area contributed by atoms with Gasteiger partial charge in [-0.1, -0.05) is 29.3 Å². The predicted octanol–water partition coefficient (Wildman–Crippen LogP) is 3.22. The van der Waals surface area contributed by atoms with Crippen LogP contribution in [0.25, 0.3) is 0 Å². The number of rotatable bonds is 4. The summed E-state index contributed by atoms with van der Waals surface area (Å²) in [7, 11) is 0. The van der Waals surface area contributed by atoms with Gasteiger partial charge in [0.2, 0.25) is 0 Å². The lowest BCUT2D eigenvalue weighted by Crippen LogP contribution is -2.03. The summed E-state index contributed by atoms with van der Waals surface area (Å²) in [5.41, 5.74) is 3.69. The van der Waals surface area contributed by atoms with Gasteiger partial charge in [-0.15, -0.1) is 0 Å². The Balaban J connectivity index is 1.99. The zero-order valence-electron chi connectivity index (χ0n) is 9.55. The first-order chi connectivity index (χ1) is 7.13. The van der Waals surface area contributed by atoms with Crippen LogP contribution in [-0.2, 0) is 11.2 Å². The summed E-state index contributed by atoms with van der Waals surface area (Å²) in [6, 6.07) is 6.39. The molecule has 0 bridgehead atoms. The second-order valence-electron chi connectivity index (χ2n) is 4.86. The van der Waals surface area contributed by atoms with Gasteiger partial charge in [-0.25, -0.2) is 0 Å². The Bertz CT molecular complexity index is 355. The topological polar surface area (TPSA) is 17.1 Å². The monoisotopic (exact) mass is 202 g/mol. The number of carbonyl (C=O) groups excluding carboxylic acids is 1. The van der Waals surface area contributed by atoms with E-state index in [9.17, 15) is 4.79 Å². The molecule has 0 amide bonds. The number of hydrogen-bond donors (Lipinski definition) is 0. The Hall–Kier alpha value is -1.11. The van der Waals surface area contributed by atoms with Crippen LogP contribution in [0.4, 0.5) is 0 Å². The second-order valence-corrected chi connectivity index (χ2v) is 4.86. The van der Waals surface area contributed by atoms with E-state index in [0.29, 0.717) is 18.1 Å². The minimum Gasteiger partial charge on any atom is -0.299 e. The van der Waals surface area contributed by atoms with Crippen LogP contribution in [0.5, 0.6) is 0 Å². The standard InChI is InChI=1S/C14H18O/c1-10-5-11(2)7-13(6-10)9-14(15)8-12-3-4-12/h5-7,12H,3-4,8-9H2,1-2H3. The van der Waals surface area contributed by atoms with Crippen LogP contribution in [0.3, 0.4) is 0 Å². The molecular weight excluding hydrogens is 184 g/mol. The van der Waals surface area contributed by atoms with Gasteiger partial charge >= 0.3 is 0 Å². The van der Waals surface area contributed by atoms with Crippen LogP contribution in [0.15, 0.2) is 18.2 Å². The Morgan fingerprint density at radius 3 is 2.33 bits per heavy atom. The maximum atomic E-state index is 11.7. The van der Waals surface area contributed by atoms with Crippen molar-refractivity contribution in [2.45, 2.75) is 39.5 Å². The SMILES string of the molecule is Cc1cc(C)cc(CC(=O)CC2CC2)c1. The van der Waals surface area contributed by atoms with E-state index in [-0.39, 0.29) is 0 Å². The fourth-order valence-electron chi connectivity index (χ4n) is 2.11. The van der Waals surface area contributed by atoms with E-state index >= 15 is 0 Å². The third-order valence-electron chi connectivity index (χ3n) is 2.90. The molecule has 1 aromatic rings. The molecule has 1 heteroatoms. The maximum absolute atomic E-state index is 11.7. The first-order valence-corrected chi connectivity index (χ1v) is 5.72. The average Bonchev–Trinajstić information content (AvgIpc) is 2.85. The zero-order valence-corrected chi connectivity index (χ0v) is 9.55. The molecule has 1 aliphatic rings. The van der Waals surface area contributed by atoms with Crippen molar-refractivity contribution in [1.29, 1.82) is 0 Å². The summed E-state index contributed by atoms with van der Waals surface area (Å²) in [6.07, 6.45) is 3.95. The summed E-state index contributed by atoms with van der Waals surface area (Å²) in [6.45, 7) is 4.17. The van der Waals surface area contributed by atoms with E-state index in [1.165, 1.54) is 29.5 Å². The number of hydrogen-bond acceptors (Lipinski definition) is 1. The summed E-state index contributed by atoms with van der Waals surface area (Å²) in [4.78, 5) is 11.7. The molecule has 1 aliphatic carbocycles. The van der Waals surface area contributed by atoms with Gasteiger partial charge in [-0.3, -0.25) is 4.79 Å². The summed E-state index contributed by atoms with van der Waals surface area (Å²) in [5, 5.41) is 0. The lowest BCUT2D eigenvalue weighted by molar-refractivity contribution is -0.118. The molecule has 0 aromatic heterocycles. The highest BCUT2D eigenvalue weighted by Crippen LogP contribution is 2.32. The highest BCUT2D eigenvalue weighted by molar-refractivity contribution is 5.81. The van der Waals surface area contributed by atoms with Crippen molar-refractivity contribution in [2.75, 3.05) is 0 Å². The summed E-state index contributed by atoms with van der Waals surface area (Å²) in [5.74, 6) is 1.12. The molecule has 2 rings (SSSR count). The molecule has 0 unspecified atom stereocenters. The molecule has 0 N–H and O–H groups in total. The lowest BCUT2D eigenvalue weighted by Gasteiger charge is -2.04. The zero-order chi connectivity index (χ0) is 10.8. The first kappa shape index (κ1) is 10.4. The molecule has 1 aromatic carbocycles. The molecule has 0 radical (unpaired) electrons. The Morgan fingerprint density at radius 1 is 1.20 bits per heavy atom. The van der Waals surface area contributed by atoms with Crippen LogP contribution in [0.2, 0.25) is 0 Å². The molecule has 15 heavy (non-hydrogen) atoms. The Morgan fingerprint density at radius 2 is 1.80 bits per heavy atom. The van der Waals surface area contributed by atoms with E-state index in [1.54, 1.807) is 0 Å². The van der Waals surface area contributed by atoms with Crippen LogP contribution >= 0.6 is 0 Å². The van der Waals surface area contributed by atoms with Gasteiger partial charge in [0.15, 0.2) is 0 Å². The fourth-order valence-corrected chi connectivity index (χ4v) is 2.11. The van der Waals surface area contributed by atoms with Gasteiger partial charge in [0, 0.05) is 12.8 Å². The van der Waals surface area contributed by atoms with Crippen LogP contribution in [0, 0.1) is 19.8 Å². The van der Waals surface area contributed by atoms with Gasteiger partial charge in [0.05, 0.1) is 0 Å². The van der Waals surface area contributed by atoms with Crippen molar-refractivity contribution in [2.24, 2.45) is 5.92 Å². The van der Waals surface area contributed by atoms with Crippen LogP contribution in [-0.4, -0.2) is 5.78 Å². The van der Waals surface area contributed by atoms with Gasteiger partial charge in [-0.2, -0.15) is 0 Å². The van der Waals surface area contributed by atoms with Crippen molar-refractivity contribution in [3.63, 3.8) is 0 Å². The minimum absolute atomic E-state index is 0.405. The quantitative estimate of drug-likeness (QED) is 0.732. The highest BCUT2D eigenvalue weighted by atomic mass is 16.1. The van der Waals surface area contributed by atoms with E-state index < -0.39 is 0 Å². The molecular formula is C14H18O.